The van der Waals surface area contributed by atoms with E-state index >= 15 is 0 Å². The zero-order chi connectivity index (χ0) is 10.9. The Kier molecular flexibility index (Phi) is 4.10. The lowest BCUT2D eigenvalue weighted by atomic mass is 10.3. The van der Waals surface area contributed by atoms with Gasteiger partial charge in [0.2, 0.25) is 0 Å². The van der Waals surface area contributed by atoms with Crippen LogP contribution in [0.3, 0.4) is 0 Å². The first-order chi connectivity index (χ1) is 6.31. The molecule has 0 bridgehead atoms. The van der Waals surface area contributed by atoms with Gasteiger partial charge in [-0.2, -0.15) is 0 Å². The van der Waals surface area contributed by atoms with E-state index in [4.69, 9.17) is 0 Å². The van der Waals surface area contributed by atoms with Gasteiger partial charge >= 0.3 is 6.36 Å². The summed E-state index contributed by atoms with van der Waals surface area (Å²) in [5.41, 5.74) is 0. The van der Waals surface area contributed by atoms with E-state index in [2.05, 4.69) is 42.7 Å². The van der Waals surface area contributed by atoms with E-state index in [1.807, 2.05) is 22.6 Å². The van der Waals surface area contributed by atoms with Crippen LogP contribution in [-0.4, -0.2) is 6.36 Å². The second-order valence-corrected chi connectivity index (χ2v) is 4.87. The second-order valence-electron chi connectivity index (χ2n) is 2.14. The van der Waals surface area contributed by atoms with Crippen molar-refractivity contribution in [2.24, 2.45) is 0 Å². The Morgan fingerprint density at radius 3 is 2.43 bits per heavy atom. The van der Waals surface area contributed by atoms with Crippen molar-refractivity contribution >= 4 is 54.5 Å². The maximum atomic E-state index is 12.0. The summed E-state index contributed by atoms with van der Waals surface area (Å²) in [7, 11) is 0. The number of benzene rings is 1. The average Bonchev–Trinajstić information content (AvgIpc) is 2.04. The smallest absolute Gasteiger partial charge is 0.403 e. The van der Waals surface area contributed by atoms with Crippen LogP contribution < -0.4 is 4.74 Å². The summed E-state index contributed by atoms with van der Waals surface area (Å²) in [6.07, 6.45) is -4.70. The van der Waals surface area contributed by atoms with Crippen LogP contribution in [0.5, 0.6) is 5.75 Å². The van der Waals surface area contributed by atoms with E-state index in [9.17, 15) is 13.2 Å². The fourth-order valence-electron chi connectivity index (χ4n) is 0.669. The molecule has 0 spiro atoms. The van der Waals surface area contributed by atoms with Crippen LogP contribution >= 0.6 is 54.5 Å². The van der Waals surface area contributed by atoms with Gasteiger partial charge in [0.25, 0.3) is 0 Å². The number of hydrogen-bond acceptors (Lipinski definition) is 1. The molecule has 1 nitrogen and oxygen atoms in total. The molecule has 0 amide bonds. The zero-order valence-electron chi connectivity index (χ0n) is 6.25. The van der Waals surface area contributed by atoms with Gasteiger partial charge in [0, 0.05) is 3.57 Å². The molecule has 14 heavy (non-hydrogen) atoms. The van der Waals surface area contributed by atoms with Gasteiger partial charge in [0.05, 0.1) is 8.95 Å². The standard InChI is InChI=1S/C7HBr2F3IO/c8-3-1-2-4(13)5(9)6(3)14-7(10,11)12/h1H. The summed E-state index contributed by atoms with van der Waals surface area (Å²) in [5, 5.41) is 0. The number of ether oxygens (including phenoxy) is 1. The number of halogens is 6. The number of hydrogen-bond donors (Lipinski definition) is 0. The number of alkyl halides is 3. The first-order valence-corrected chi connectivity index (χ1v) is 5.78. The van der Waals surface area contributed by atoms with Crippen molar-refractivity contribution < 1.29 is 17.9 Å². The predicted octanol–water partition coefficient (Wildman–Crippen LogP) is 4.51. The maximum absolute atomic E-state index is 12.0. The molecule has 1 rings (SSSR count). The minimum absolute atomic E-state index is 0.196. The van der Waals surface area contributed by atoms with Gasteiger partial charge < -0.3 is 4.74 Å². The molecule has 0 aromatic heterocycles. The van der Waals surface area contributed by atoms with Crippen LogP contribution in [-0.2, 0) is 0 Å². The molecule has 0 atom stereocenters. The van der Waals surface area contributed by atoms with E-state index in [-0.39, 0.29) is 14.7 Å². The minimum Gasteiger partial charge on any atom is -0.403 e. The Bertz CT molecular complexity index is 354. The molecular formula is C7HBr2F3IO. The van der Waals surface area contributed by atoms with Gasteiger partial charge in [-0.25, -0.2) is 0 Å². The van der Waals surface area contributed by atoms with Crippen molar-refractivity contribution in [2.45, 2.75) is 6.36 Å². The molecule has 0 aliphatic rings. The zero-order valence-corrected chi connectivity index (χ0v) is 11.6. The minimum atomic E-state index is -4.70. The lowest BCUT2D eigenvalue weighted by Crippen LogP contribution is -2.18. The molecule has 0 aliphatic carbocycles. The van der Waals surface area contributed by atoms with Crippen molar-refractivity contribution in [3.63, 3.8) is 0 Å². The molecule has 7 heteroatoms. The lowest BCUT2D eigenvalue weighted by molar-refractivity contribution is -0.275. The molecule has 0 unspecified atom stereocenters. The van der Waals surface area contributed by atoms with Crippen molar-refractivity contribution in [1.82, 2.24) is 0 Å². The topological polar surface area (TPSA) is 9.23 Å². The molecule has 0 fully saturated rings. The highest BCUT2D eigenvalue weighted by molar-refractivity contribution is 14.1. The Morgan fingerprint density at radius 1 is 1.36 bits per heavy atom. The van der Waals surface area contributed by atoms with Crippen molar-refractivity contribution in [3.8, 4) is 5.75 Å². The molecule has 0 N–H and O–H groups in total. The van der Waals surface area contributed by atoms with Gasteiger partial charge in [-0.05, 0) is 66.6 Å². The summed E-state index contributed by atoms with van der Waals surface area (Å²) in [6.45, 7) is 0. The highest BCUT2D eigenvalue weighted by Crippen LogP contribution is 2.39. The molecule has 0 aliphatic heterocycles. The molecule has 1 aromatic rings. The summed E-state index contributed by atoms with van der Waals surface area (Å²) >= 11 is 7.78. The van der Waals surface area contributed by atoms with Gasteiger partial charge in [-0.15, -0.1) is 13.2 Å². The quantitative estimate of drug-likeness (QED) is 0.457. The predicted molar refractivity (Wildman–Crippen MR) is 60.1 cm³/mol. The fourth-order valence-corrected chi connectivity index (χ4v) is 2.14. The highest BCUT2D eigenvalue weighted by atomic mass is 127. The molecule has 1 aromatic carbocycles. The molecule has 0 saturated heterocycles. The molecule has 77 valence electrons. The van der Waals surface area contributed by atoms with E-state index in [1.165, 1.54) is 6.07 Å². The van der Waals surface area contributed by atoms with Crippen molar-refractivity contribution in [3.05, 3.63) is 24.6 Å². The largest absolute Gasteiger partial charge is 0.573 e. The van der Waals surface area contributed by atoms with E-state index in [0.717, 1.165) is 0 Å². The highest BCUT2D eigenvalue weighted by Gasteiger charge is 2.33. The summed E-state index contributed by atoms with van der Waals surface area (Å²) in [5.74, 6) is -0.291. The number of rotatable bonds is 1. The Labute approximate surface area is 108 Å². The van der Waals surface area contributed by atoms with Crippen LogP contribution in [0.2, 0.25) is 0 Å². The third-order valence-electron chi connectivity index (χ3n) is 1.15. The summed E-state index contributed by atoms with van der Waals surface area (Å²) < 4.78 is 40.6. The third kappa shape index (κ3) is 3.27. The Morgan fingerprint density at radius 2 is 1.93 bits per heavy atom. The maximum Gasteiger partial charge on any atom is 0.573 e. The average molecular weight is 445 g/mol. The van der Waals surface area contributed by atoms with E-state index in [0.29, 0.717) is 3.57 Å². The monoisotopic (exact) mass is 443 g/mol. The van der Waals surface area contributed by atoms with Crippen LogP contribution in [0.15, 0.2) is 15.0 Å². The van der Waals surface area contributed by atoms with Crippen LogP contribution in [0.4, 0.5) is 13.2 Å². The first-order valence-electron chi connectivity index (χ1n) is 3.12. The van der Waals surface area contributed by atoms with E-state index in [1.54, 1.807) is 0 Å². The second kappa shape index (κ2) is 4.56. The van der Waals surface area contributed by atoms with Crippen LogP contribution in [0.25, 0.3) is 0 Å². The molecule has 1 radical (unpaired) electrons. The Balaban J connectivity index is 3.13. The van der Waals surface area contributed by atoms with E-state index < -0.39 is 6.36 Å². The molecular weight excluding hydrogens is 444 g/mol. The van der Waals surface area contributed by atoms with Crippen molar-refractivity contribution in [2.75, 3.05) is 0 Å². The fraction of sp³-hybridized carbons (Fsp3) is 0.143. The SMILES string of the molecule is FC(F)(F)Oc1c(Br)c[c]c(I)c1Br. The third-order valence-corrected chi connectivity index (χ3v) is 4.09. The first kappa shape index (κ1) is 12.6. The van der Waals surface area contributed by atoms with Gasteiger partial charge in [-0.1, -0.05) is 0 Å². The van der Waals surface area contributed by atoms with Gasteiger partial charge in [0.1, 0.15) is 0 Å². The van der Waals surface area contributed by atoms with Gasteiger partial charge in [-0.3, -0.25) is 0 Å². The van der Waals surface area contributed by atoms with Gasteiger partial charge in [0.15, 0.2) is 5.75 Å². The van der Waals surface area contributed by atoms with Crippen LogP contribution in [0, 0.1) is 9.64 Å². The normalized spacial score (nSPS) is 11.6. The Hall–Kier alpha value is 0.500. The molecule has 0 saturated carbocycles. The lowest BCUT2D eigenvalue weighted by Gasteiger charge is -2.12. The molecule has 0 heterocycles. The summed E-state index contributed by atoms with van der Waals surface area (Å²) in [6, 6.07) is 4.11. The van der Waals surface area contributed by atoms with Crippen molar-refractivity contribution in [1.29, 1.82) is 0 Å². The summed E-state index contributed by atoms with van der Waals surface area (Å²) in [4.78, 5) is 0. The van der Waals surface area contributed by atoms with Crippen LogP contribution in [0.1, 0.15) is 0 Å².